The minimum absolute atomic E-state index is 0.0225. The summed E-state index contributed by atoms with van der Waals surface area (Å²) in [6, 6.07) is 17.3. The van der Waals surface area contributed by atoms with Crippen LogP contribution in [0.15, 0.2) is 70.6 Å². The number of thioether (sulfide) groups is 1. The van der Waals surface area contributed by atoms with E-state index in [9.17, 15) is 14.0 Å². The van der Waals surface area contributed by atoms with Gasteiger partial charge in [-0.1, -0.05) is 35.5 Å². The van der Waals surface area contributed by atoms with Gasteiger partial charge in [0.05, 0.1) is 16.6 Å². The zero-order valence-electron chi connectivity index (χ0n) is 20.5. The number of benzene rings is 3. The number of fused-ring (bicyclic) bond motifs is 1. The SMILES string of the molecule is Cc1ccc(C)c(CSc2nc3cc(C(=O)N4CCCCC4)ccc3c(=O)n2-c2ccc(F)cc2)c1. The molecule has 0 unspecified atom stereocenters. The maximum Gasteiger partial charge on any atom is 0.266 e. The molecule has 5 nitrogen and oxygen atoms in total. The van der Waals surface area contributed by atoms with Crippen LogP contribution in [0.2, 0.25) is 0 Å². The molecule has 1 fully saturated rings. The molecule has 5 rings (SSSR count). The molecule has 3 aromatic carbocycles. The smallest absolute Gasteiger partial charge is 0.266 e. The van der Waals surface area contributed by atoms with Gasteiger partial charge in [0, 0.05) is 24.4 Å². The lowest BCUT2D eigenvalue weighted by molar-refractivity contribution is 0.0724. The summed E-state index contributed by atoms with van der Waals surface area (Å²) >= 11 is 1.46. The zero-order chi connectivity index (χ0) is 25.2. The second-order valence-electron chi connectivity index (χ2n) is 9.31. The van der Waals surface area contributed by atoms with Crippen LogP contribution in [0.5, 0.6) is 0 Å². The summed E-state index contributed by atoms with van der Waals surface area (Å²) < 4.78 is 15.2. The quantitative estimate of drug-likeness (QED) is 0.246. The Bertz CT molecular complexity index is 1490. The molecule has 36 heavy (non-hydrogen) atoms. The van der Waals surface area contributed by atoms with Crippen LogP contribution in [0, 0.1) is 19.7 Å². The Morgan fingerprint density at radius 2 is 1.72 bits per heavy atom. The standard InChI is InChI=1S/C29H28FN3O2S/c1-19-6-7-20(2)22(16-19)18-36-29-31-26-17-21(27(34)32-14-4-3-5-15-32)8-13-25(26)28(35)33(29)24-11-9-23(30)10-12-24/h6-13,16-17H,3-5,14-15,18H2,1-2H3. The van der Waals surface area contributed by atoms with E-state index in [2.05, 4.69) is 32.0 Å². The highest BCUT2D eigenvalue weighted by atomic mass is 32.2. The Morgan fingerprint density at radius 1 is 0.972 bits per heavy atom. The van der Waals surface area contributed by atoms with Crippen molar-refractivity contribution < 1.29 is 9.18 Å². The van der Waals surface area contributed by atoms with Crippen molar-refractivity contribution in [3.8, 4) is 5.69 Å². The predicted octanol–water partition coefficient (Wildman–Crippen LogP) is 6.06. The molecular weight excluding hydrogens is 473 g/mol. The van der Waals surface area contributed by atoms with Crippen molar-refractivity contribution in [2.24, 2.45) is 0 Å². The van der Waals surface area contributed by atoms with E-state index in [1.165, 1.54) is 39.6 Å². The first-order valence-electron chi connectivity index (χ1n) is 12.2. The third-order valence-corrected chi connectivity index (χ3v) is 7.66. The lowest BCUT2D eigenvalue weighted by Gasteiger charge is -2.26. The molecule has 1 saturated heterocycles. The fraction of sp³-hybridized carbons (Fsp3) is 0.276. The minimum atomic E-state index is -0.369. The number of carbonyl (C=O) groups excluding carboxylic acids is 1. The number of likely N-dealkylation sites (tertiary alicyclic amines) is 1. The third-order valence-electron chi connectivity index (χ3n) is 6.68. The van der Waals surface area contributed by atoms with E-state index in [0.29, 0.717) is 33.1 Å². The molecule has 0 atom stereocenters. The summed E-state index contributed by atoms with van der Waals surface area (Å²) in [5, 5.41) is 0.924. The van der Waals surface area contributed by atoms with Gasteiger partial charge in [-0.25, -0.2) is 9.37 Å². The Balaban J connectivity index is 1.59. The summed E-state index contributed by atoms with van der Waals surface area (Å²) in [5.41, 5.74) is 4.83. The highest BCUT2D eigenvalue weighted by Gasteiger charge is 2.20. The Hall–Kier alpha value is -3.45. The van der Waals surface area contributed by atoms with Crippen LogP contribution in [0.3, 0.4) is 0 Å². The third kappa shape index (κ3) is 4.93. The lowest BCUT2D eigenvalue weighted by atomic mass is 10.1. The number of halogens is 1. The van der Waals surface area contributed by atoms with Crippen molar-refractivity contribution in [3.63, 3.8) is 0 Å². The van der Waals surface area contributed by atoms with Gasteiger partial charge in [-0.2, -0.15) is 0 Å². The van der Waals surface area contributed by atoms with Crippen molar-refractivity contribution >= 4 is 28.6 Å². The summed E-state index contributed by atoms with van der Waals surface area (Å²) in [6.07, 6.45) is 3.17. The highest BCUT2D eigenvalue weighted by molar-refractivity contribution is 7.98. The number of aromatic nitrogens is 2. The second kappa shape index (κ2) is 10.3. The Morgan fingerprint density at radius 3 is 2.47 bits per heavy atom. The molecule has 4 aromatic rings. The van der Waals surface area contributed by atoms with E-state index in [1.807, 2.05) is 4.90 Å². The second-order valence-corrected chi connectivity index (χ2v) is 10.3. The fourth-order valence-corrected chi connectivity index (χ4v) is 5.67. The maximum absolute atomic E-state index is 13.7. The summed E-state index contributed by atoms with van der Waals surface area (Å²) in [6.45, 7) is 5.63. The fourth-order valence-electron chi connectivity index (χ4n) is 4.59. The van der Waals surface area contributed by atoms with Gasteiger partial charge >= 0.3 is 0 Å². The molecule has 7 heteroatoms. The van der Waals surface area contributed by atoms with E-state index < -0.39 is 0 Å². The average Bonchev–Trinajstić information content (AvgIpc) is 2.90. The van der Waals surface area contributed by atoms with E-state index in [4.69, 9.17) is 4.98 Å². The van der Waals surface area contributed by atoms with Crippen LogP contribution in [0.4, 0.5) is 4.39 Å². The minimum Gasteiger partial charge on any atom is -0.339 e. The van der Waals surface area contributed by atoms with Crippen molar-refractivity contribution in [1.29, 1.82) is 0 Å². The van der Waals surface area contributed by atoms with E-state index in [0.717, 1.165) is 37.9 Å². The number of hydrogen-bond donors (Lipinski definition) is 0. The lowest BCUT2D eigenvalue weighted by Crippen LogP contribution is -2.35. The number of carbonyl (C=O) groups is 1. The molecule has 0 N–H and O–H groups in total. The number of piperidine rings is 1. The first-order valence-corrected chi connectivity index (χ1v) is 13.2. The molecular formula is C29H28FN3O2S. The summed E-state index contributed by atoms with van der Waals surface area (Å²) in [7, 11) is 0. The Kier molecular flexibility index (Phi) is 6.92. The summed E-state index contributed by atoms with van der Waals surface area (Å²) in [5.74, 6) is 0.232. The largest absolute Gasteiger partial charge is 0.339 e. The number of aryl methyl sites for hydroxylation is 2. The molecule has 0 bridgehead atoms. The van der Waals surface area contributed by atoms with E-state index >= 15 is 0 Å². The molecule has 0 spiro atoms. The highest BCUT2D eigenvalue weighted by Crippen LogP contribution is 2.27. The molecule has 184 valence electrons. The first-order chi connectivity index (χ1) is 17.4. The van der Waals surface area contributed by atoms with Crippen LogP contribution >= 0.6 is 11.8 Å². The normalized spacial score (nSPS) is 13.8. The molecule has 0 aliphatic carbocycles. The number of hydrogen-bond acceptors (Lipinski definition) is 4. The number of rotatable bonds is 5. The molecule has 1 aliphatic rings. The maximum atomic E-state index is 13.7. The van der Waals surface area contributed by atoms with Crippen molar-refractivity contribution in [1.82, 2.24) is 14.5 Å². The van der Waals surface area contributed by atoms with Crippen LogP contribution in [0.25, 0.3) is 16.6 Å². The number of amides is 1. The van der Waals surface area contributed by atoms with Crippen LogP contribution in [-0.4, -0.2) is 33.4 Å². The van der Waals surface area contributed by atoms with Gasteiger partial charge in [-0.15, -0.1) is 0 Å². The molecule has 1 aromatic heterocycles. The molecule has 1 amide bonds. The first kappa shape index (κ1) is 24.3. The van der Waals surface area contributed by atoms with Gasteiger partial charge in [0.2, 0.25) is 0 Å². The van der Waals surface area contributed by atoms with Crippen molar-refractivity contribution in [3.05, 3.63) is 99.1 Å². The van der Waals surface area contributed by atoms with Gasteiger partial charge < -0.3 is 4.90 Å². The van der Waals surface area contributed by atoms with Gasteiger partial charge in [0.15, 0.2) is 5.16 Å². The van der Waals surface area contributed by atoms with Crippen LogP contribution in [-0.2, 0) is 5.75 Å². The molecule has 1 aliphatic heterocycles. The topological polar surface area (TPSA) is 55.2 Å². The zero-order valence-corrected chi connectivity index (χ0v) is 21.3. The van der Waals surface area contributed by atoms with Gasteiger partial charge in [-0.3, -0.25) is 14.2 Å². The van der Waals surface area contributed by atoms with Crippen LogP contribution in [0.1, 0.15) is 46.3 Å². The molecule has 2 heterocycles. The average molecular weight is 502 g/mol. The van der Waals surface area contributed by atoms with Crippen LogP contribution < -0.4 is 5.56 Å². The monoisotopic (exact) mass is 501 g/mol. The van der Waals surface area contributed by atoms with Crippen molar-refractivity contribution in [2.75, 3.05) is 13.1 Å². The van der Waals surface area contributed by atoms with Crippen molar-refractivity contribution in [2.45, 2.75) is 44.0 Å². The molecule has 0 saturated carbocycles. The molecule has 0 radical (unpaired) electrons. The van der Waals surface area contributed by atoms with E-state index in [-0.39, 0.29) is 17.3 Å². The van der Waals surface area contributed by atoms with Gasteiger partial charge in [-0.05, 0) is 86.7 Å². The Labute approximate surface area is 214 Å². The van der Waals surface area contributed by atoms with Gasteiger partial charge in [0.1, 0.15) is 5.82 Å². The summed E-state index contributed by atoms with van der Waals surface area (Å²) in [4.78, 5) is 33.5. The van der Waals surface area contributed by atoms with E-state index in [1.54, 1.807) is 30.3 Å². The predicted molar refractivity (Wildman–Crippen MR) is 143 cm³/mol. The van der Waals surface area contributed by atoms with Gasteiger partial charge in [0.25, 0.3) is 11.5 Å². The number of nitrogens with zero attached hydrogens (tertiary/aromatic N) is 3.